The molecule has 2 aromatic rings. The van der Waals surface area contributed by atoms with E-state index in [1.54, 1.807) is 12.1 Å². The summed E-state index contributed by atoms with van der Waals surface area (Å²) in [7, 11) is 0. The highest BCUT2D eigenvalue weighted by molar-refractivity contribution is 5.38. The van der Waals surface area contributed by atoms with Crippen LogP contribution in [0.5, 0.6) is 11.9 Å². The summed E-state index contributed by atoms with van der Waals surface area (Å²) in [6.07, 6.45) is 1.20. The number of hydrogen-bond donors (Lipinski definition) is 2. The predicted molar refractivity (Wildman–Crippen MR) is 46.9 cm³/mol. The highest BCUT2D eigenvalue weighted by Gasteiger charge is 2.08. The molecule has 1 heterocycles. The van der Waals surface area contributed by atoms with Crippen LogP contribution in [0.25, 0.3) is 5.69 Å². The molecule has 66 valence electrons. The lowest BCUT2D eigenvalue weighted by Gasteiger charge is -2.03. The molecule has 0 aliphatic rings. The second kappa shape index (κ2) is 2.82. The molecule has 0 spiro atoms. The Labute approximate surface area is 74.7 Å². The molecule has 0 radical (unpaired) electrons. The molecule has 4 nitrogen and oxygen atoms in total. The van der Waals surface area contributed by atoms with Gasteiger partial charge in [0.2, 0.25) is 5.88 Å². The fourth-order valence-corrected chi connectivity index (χ4v) is 1.16. The third kappa shape index (κ3) is 1.22. The zero-order chi connectivity index (χ0) is 9.26. The Hall–Kier alpha value is -1.97. The maximum absolute atomic E-state index is 9.33. The Morgan fingerprint density at radius 2 is 1.77 bits per heavy atom. The van der Waals surface area contributed by atoms with Crippen molar-refractivity contribution in [1.82, 2.24) is 9.55 Å². The van der Waals surface area contributed by atoms with E-state index in [1.165, 1.54) is 10.8 Å². The van der Waals surface area contributed by atoms with Gasteiger partial charge in [-0.15, -0.1) is 0 Å². The molecule has 1 aromatic carbocycles. The lowest BCUT2D eigenvalue weighted by molar-refractivity contribution is 0.395. The largest absolute Gasteiger partial charge is 0.493 e. The van der Waals surface area contributed by atoms with Gasteiger partial charge in [-0.25, -0.2) is 4.57 Å². The van der Waals surface area contributed by atoms with E-state index in [2.05, 4.69) is 4.98 Å². The number of para-hydroxylation sites is 1. The summed E-state index contributed by atoms with van der Waals surface area (Å²) in [6, 6.07) is 8.79. The van der Waals surface area contributed by atoms with Crippen molar-refractivity contribution in [2.75, 3.05) is 0 Å². The van der Waals surface area contributed by atoms with E-state index in [9.17, 15) is 10.2 Å². The minimum Gasteiger partial charge on any atom is -0.493 e. The Morgan fingerprint density at radius 1 is 1.08 bits per heavy atom. The van der Waals surface area contributed by atoms with Crippen LogP contribution in [-0.2, 0) is 0 Å². The van der Waals surface area contributed by atoms with Crippen molar-refractivity contribution in [1.29, 1.82) is 0 Å². The van der Waals surface area contributed by atoms with E-state index < -0.39 is 0 Å². The van der Waals surface area contributed by atoms with Crippen LogP contribution in [0.2, 0.25) is 0 Å². The maximum Gasteiger partial charge on any atom is 0.301 e. The second-order valence-electron chi connectivity index (χ2n) is 2.59. The minimum atomic E-state index is -0.219. The summed E-state index contributed by atoms with van der Waals surface area (Å²) < 4.78 is 1.25. The van der Waals surface area contributed by atoms with Crippen molar-refractivity contribution in [2.24, 2.45) is 0 Å². The second-order valence-corrected chi connectivity index (χ2v) is 2.59. The molecule has 0 saturated carbocycles. The fourth-order valence-electron chi connectivity index (χ4n) is 1.16. The van der Waals surface area contributed by atoms with Gasteiger partial charge < -0.3 is 10.2 Å². The lowest BCUT2D eigenvalue weighted by Crippen LogP contribution is -1.91. The number of nitrogens with zero attached hydrogens (tertiary/aromatic N) is 2. The van der Waals surface area contributed by atoms with Crippen molar-refractivity contribution >= 4 is 0 Å². The van der Waals surface area contributed by atoms with Crippen LogP contribution in [0, 0.1) is 0 Å². The van der Waals surface area contributed by atoms with E-state index >= 15 is 0 Å². The van der Waals surface area contributed by atoms with E-state index in [4.69, 9.17) is 0 Å². The van der Waals surface area contributed by atoms with Crippen molar-refractivity contribution in [3.05, 3.63) is 36.5 Å². The zero-order valence-electron chi connectivity index (χ0n) is 6.75. The normalized spacial score (nSPS) is 10.2. The van der Waals surface area contributed by atoms with E-state index in [-0.39, 0.29) is 11.9 Å². The first-order valence-electron chi connectivity index (χ1n) is 3.80. The van der Waals surface area contributed by atoms with Gasteiger partial charge in [0.25, 0.3) is 0 Å². The van der Waals surface area contributed by atoms with E-state index in [0.717, 1.165) is 0 Å². The van der Waals surface area contributed by atoms with Gasteiger partial charge in [0.15, 0.2) is 0 Å². The highest BCUT2D eigenvalue weighted by atomic mass is 16.3. The molecule has 0 atom stereocenters. The van der Waals surface area contributed by atoms with Crippen molar-refractivity contribution in [2.45, 2.75) is 0 Å². The van der Waals surface area contributed by atoms with Crippen molar-refractivity contribution < 1.29 is 10.2 Å². The fraction of sp³-hybridized carbons (Fsp3) is 0. The monoisotopic (exact) mass is 176 g/mol. The van der Waals surface area contributed by atoms with Gasteiger partial charge >= 0.3 is 6.01 Å². The molecule has 0 unspecified atom stereocenters. The first-order valence-corrected chi connectivity index (χ1v) is 3.80. The van der Waals surface area contributed by atoms with Crippen LogP contribution in [-0.4, -0.2) is 19.8 Å². The van der Waals surface area contributed by atoms with Gasteiger partial charge in [0.05, 0.1) is 11.9 Å². The standard InChI is InChI=1S/C9H8N2O2/c12-8-6-10-9(13)11(8)7-4-2-1-3-5-7/h1-6,12H,(H,10,13). The SMILES string of the molecule is Oc1cnc(O)n1-c1ccccc1. The molecule has 0 saturated heterocycles. The summed E-state index contributed by atoms with van der Waals surface area (Å²) in [5, 5.41) is 18.6. The smallest absolute Gasteiger partial charge is 0.301 e. The third-order valence-corrected chi connectivity index (χ3v) is 1.74. The van der Waals surface area contributed by atoms with Crippen LogP contribution in [0.15, 0.2) is 36.5 Å². The van der Waals surface area contributed by atoms with Gasteiger partial charge in [0.1, 0.15) is 0 Å². The Morgan fingerprint density at radius 3 is 2.31 bits per heavy atom. The Kier molecular flexibility index (Phi) is 1.66. The molecule has 1 aromatic heterocycles. The Balaban J connectivity index is 2.59. The minimum absolute atomic E-state index is 0.0799. The Bertz CT molecular complexity index is 389. The molecular formula is C9H8N2O2. The summed E-state index contributed by atoms with van der Waals surface area (Å²) in [4.78, 5) is 3.56. The van der Waals surface area contributed by atoms with Crippen LogP contribution in [0.1, 0.15) is 0 Å². The van der Waals surface area contributed by atoms with Crippen molar-refractivity contribution in [3.8, 4) is 17.6 Å². The van der Waals surface area contributed by atoms with Gasteiger partial charge in [-0.3, -0.25) is 0 Å². The third-order valence-electron chi connectivity index (χ3n) is 1.74. The van der Waals surface area contributed by atoms with Crippen LogP contribution in [0.3, 0.4) is 0 Å². The molecule has 0 aliphatic carbocycles. The molecule has 0 fully saturated rings. The topological polar surface area (TPSA) is 58.3 Å². The lowest BCUT2D eigenvalue weighted by atomic mass is 10.3. The van der Waals surface area contributed by atoms with Crippen LogP contribution < -0.4 is 0 Å². The first kappa shape index (κ1) is 7.67. The number of aromatic nitrogens is 2. The molecule has 4 heteroatoms. The number of rotatable bonds is 1. The summed E-state index contributed by atoms with van der Waals surface area (Å²) in [6.45, 7) is 0. The number of hydrogen-bond acceptors (Lipinski definition) is 3. The molecule has 13 heavy (non-hydrogen) atoms. The number of aromatic hydroxyl groups is 2. The highest BCUT2D eigenvalue weighted by Crippen LogP contribution is 2.22. The average Bonchev–Trinajstić information content (AvgIpc) is 2.48. The molecule has 2 N–H and O–H groups in total. The molecule has 0 bridgehead atoms. The molecular weight excluding hydrogens is 168 g/mol. The molecule has 0 aliphatic heterocycles. The van der Waals surface area contributed by atoms with E-state index in [0.29, 0.717) is 5.69 Å². The summed E-state index contributed by atoms with van der Waals surface area (Å²) >= 11 is 0. The maximum atomic E-state index is 9.33. The van der Waals surface area contributed by atoms with Crippen LogP contribution in [0.4, 0.5) is 0 Å². The number of imidazole rings is 1. The van der Waals surface area contributed by atoms with Crippen molar-refractivity contribution in [3.63, 3.8) is 0 Å². The molecule has 0 amide bonds. The molecule has 2 rings (SSSR count). The predicted octanol–water partition coefficient (Wildman–Crippen LogP) is 1.28. The zero-order valence-corrected chi connectivity index (χ0v) is 6.75. The van der Waals surface area contributed by atoms with Gasteiger partial charge in [-0.05, 0) is 12.1 Å². The average molecular weight is 176 g/mol. The van der Waals surface area contributed by atoms with Gasteiger partial charge in [0, 0.05) is 0 Å². The van der Waals surface area contributed by atoms with Gasteiger partial charge in [-0.2, -0.15) is 4.98 Å². The van der Waals surface area contributed by atoms with Gasteiger partial charge in [-0.1, -0.05) is 18.2 Å². The number of benzene rings is 1. The summed E-state index contributed by atoms with van der Waals surface area (Å²) in [5.74, 6) is -0.0799. The first-order chi connectivity index (χ1) is 6.29. The van der Waals surface area contributed by atoms with Crippen LogP contribution >= 0.6 is 0 Å². The quantitative estimate of drug-likeness (QED) is 0.688. The summed E-state index contributed by atoms with van der Waals surface area (Å²) in [5.41, 5.74) is 0.676. The van der Waals surface area contributed by atoms with E-state index in [1.807, 2.05) is 18.2 Å².